The van der Waals surface area contributed by atoms with E-state index >= 15 is 0 Å². The van der Waals surface area contributed by atoms with E-state index in [1.165, 1.54) is 56.4 Å². The predicted molar refractivity (Wildman–Crippen MR) is 142 cm³/mol. The van der Waals surface area contributed by atoms with Gasteiger partial charge in [-0.1, -0.05) is 18.6 Å². The lowest BCUT2D eigenvalue weighted by Gasteiger charge is -2.22. The molecule has 1 fully saturated rings. The monoisotopic (exact) mass is 551 g/mol. The Bertz CT molecular complexity index is 873. The van der Waals surface area contributed by atoms with E-state index in [2.05, 4.69) is 68.4 Å². The molecule has 2 aliphatic heterocycles. The molecule has 0 aliphatic carbocycles. The van der Waals surface area contributed by atoms with Crippen molar-refractivity contribution >= 4 is 35.6 Å². The molecule has 2 N–H and O–H groups in total. The molecule has 176 valence electrons. The van der Waals surface area contributed by atoms with Crippen molar-refractivity contribution in [1.82, 2.24) is 25.4 Å². The van der Waals surface area contributed by atoms with Crippen molar-refractivity contribution in [3.63, 3.8) is 0 Å². The van der Waals surface area contributed by atoms with E-state index in [9.17, 15) is 0 Å². The van der Waals surface area contributed by atoms with E-state index in [0.29, 0.717) is 6.54 Å². The van der Waals surface area contributed by atoms with E-state index in [0.717, 1.165) is 43.5 Å². The Morgan fingerprint density at radius 2 is 1.91 bits per heavy atom. The second kappa shape index (κ2) is 12.4. The van der Waals surface area contributed by atoms with Crippen molar-refractivity contribution in [2.45, 2.75) is 71.4 Å². The number of halogens is 1. The Morgan fingerprint density at radius 3 is 2.72 bits per heavy atom. The zero-order valence-corrected chi connectivity index (χ0v) is 21.8. The molecule has 1 saturated heterocycles. The maximum Gasteiger partial charge on any atom is 0.191 e. The van der Waals surface area contributed by atoms with Gasteiger partial charge < -0.3 is 20.1 Å². The van der Waals surface area contributed by atoms with Crippen LogP contribution in [0.4, 0.5) is 5.69 Å². The molecule has 0 radical (unpaired) electrons. The highest BCUT2D eigenvalue weighted by atomic mass is 127. The van der Waals surface area contributed by atoms with Gasteiger partial charge in [0.1, 0.15) is 11.6 Å². The number of benzene rings is 1. The first-order valence-corrected chi connectivity index (χ1v) is 12.1. The molecule has 1 atom stereocenters. The van der Waals surface area contributed by atoms with Gasteiger partial charge >= 0.3 is 0 Å². The third kappa shape index (κ3) is 6.36. The molecule has 0 spiro atoms. The Hall–Kier alpha value is -1.84. The van der Waals surface area contributed by atoms with Gasteiger partial charge in [0, 0.05) is 51.3 Å². The molecule has 8 heteroatoms. The molecule has 0 amide bonds. The summed E-state index contributed by atoms with van der Waals surface area (Å²) in [4.78, 5) is 7.31. The summed E-state index contributed by atoms with van der Waals surface area (Å²) < 4.78 is 2.31. The maximum absolute atomic E-state index is 4.83. The smallest absolute Gasteiger partial charge is 0.191 e. The quantitative estimate of drug-likeness (QED) is 0.309. The lowest BCUT2D eigenvalue weighted by atomic mass is 10.1. The van der Waals surface area contributed by atoms with Gasteiger partial charge in [-0.15, -0.1) is 34.2 Å². The average Bonchev–Trinajstić information content (AvgIpc) is 3.39. The topological polar surface area (TPSA) is 70.4 Å². The van der Waals surface area contributed by atoms with E-state index in [1.807, 2.05) is 0 Å². The first kappa shape index (κ1) is 24.8. The van der Waals surface area contributed by atoms with Crippen LogP contribution in [0.3, 0.4) is 0 Å². The fourth-order valence-corrected chi connectivity index (χ4v) is 4.57. The van der Waals surface area contributed by atoms with Crippen LogP contribution in [0.15, 0.2) is 29.3 Å². The Morgan fingerprint density at radius 1 is 1.09 bits per heavy atom. The third-order valence-corrected chi connectivity index (χ3v) is 6.33. The van der Waals surface area contributed by atoms with Gasteiger partial charge in [0.2, 0.25) is 0 Å². The molecule has 0 saturated carbocycles. The van der Waals surface area contributed by atoms with E-state index in [1.54, 1.807) is 0 Å². The van der Waals surface area contributed by atoms with Crippen molar-refractivity contribution in [3.05, 3.63) is 41.5 Å². The zero-order valence-electron chi connectivity index (χ0n) is 19.5. The minimum Gasteiger partial charge on any atom is -0.372 e. The van der Waals surface area contributed by atoms with Gasteiger partial charge in [-0.05, 0) is 57.2 Å². The summed E-state index contributed by atoms with van der Waals surface area (Å²) in [6.45, 7) is 9.23. The number of hydrogen-bond acceptors (Lipinski definition) is 4. The van der Waals surface area contributed by atoms with Crippen LogP contribution in [0, 0.1) is 0 Å². The Kier molecular flexibility index (Phi) is 9.62. The maximum atomic E-state index is 4.83. The van der Waals surface area contributed by atoms with Crippen LogP contribution in [0.1, 0.15) is 69.2 Å². The van der Waals surface area contributed by atoms with Crippen LogP contribution < -0.4 is 15.5 Å². The predicted octanol–water partition coefficient (Wildman–Crippen LogP) is 4.08. The Labute approximate surface area is 209 Å². The normalized spacial score (nSPS) is 17.3. The minimum absolute atomic E-state index is 0. The van der Waals surface area contributed by atoms with Gasteiger partial charge in [0.15, 0.2) is 5.96 Å². The highest BCUT2D eigenvalue weighted by molar-refractivity contribution is 14.0. The molecular formula is C24H38IN7. The molecule has 7 nitrogen and oxygen atoms in total. The zero-order chi connectivity index (χ0) is 21.5. The number of aryl methyl sites for hydroxylation is 1. The first-order chi connectivity index (χ1) is 15.2. The van der Waals surface area contributed by atoms with Crippen LogP contribution in [0.2, 0.25) is 0 Å². The number of aliphatic imine (C=N–C) groups is 1. The van der Waals surface area contributed by atoms with Gasteiger partial charge in [-0.2, -0.15) is 0 Å². The fraction of sp³-hybridized carbons (Fsp3) is 0.625. The van der Waals surface area contributed by atoms with Gasteiger partial charge in [-0.3, -0.25) is 4.99 Å². The number of anilines is 1. The minimum atomic E-state index is 0. The number of hydrogen-bond donors (Lipinski definition) is 2. The summed E-state index contributed by atoms with van der Waals surface area (Å²) in [7, 11) is 0. The van der Waals surface area contributed by atoms with Crippen molar-refractivity contribution < 1.29 is 0 Å². The molecule has 1 unspecified atom stereocenters. The summed E-state index contributed by atoms with van der Waals surface area (Å²) in [5.74, 6) is 3.08. The van der Waals surface area contributed by atoms with E-state index < -0.39 is 0 Å². The van der Waals surface area contributed by atoms with Crippen LogP contribution in [0.25, 0.3) is 0 Å². The van der Waals surface area contributed by atoms with Crippen molar-refractivity contribution in [2.24, 2.45) is 4.99 Å². The summed E-state index contributed by atoms with van der Waals surface area (Å²) in [6, 6.07) is 9.10. The number of nitrogens with zero attached hydrogens (tertiary/aromatic N) is 5. The van der Waals surface area contributed by atoms with Crippen LogP contribution >= 0.6 is 24.0 Å². The molecular weight excluding hydrogens is 513 g/mol. The highest BCUT2D eigenvalue weighted by Gasteiger charge is 2.16. The van der Waals surface area contributed by atoms with Crippen LogP contribution in [-0.4, -0.2) is 46.9 Å². The SMILES string of the molecule is CCNC(=NCCc1nnc2n1CCCCC2)NC(C)c1cccc(N2CCCC2)c1.I. The molecule has 0 bridgehead atoms. The number of guanidine groups is 1. The average molecular weight is 552 g/mol. The number of rotatable bonds is 7. The number of fused-ring (bicyclic) bond motifs is 1. The van der Waals surface area contributed by atoms with Crippen molar-refractivity contribution in [1.29, 1.82) is 0 Å². The molecule has 2 aliphatic rings. The summed E-state index contributed by atoms with van der Waals surface area (Å²) >= 11 is 0. The van der Waals surface area contributed by atoms with Crippen LogP contribution in [0.5, 0.6) is 0 Å². The van der Waals surface area contributed by atoms with Crippen molar-refractivity contribution in [3.8, 4) is 0 Å². The number of nitrogens with one attached hydrogen (secondary N) is 2. The van der Waals surface area contributed by atoms with E-state index in [-0.39, 0.29) is 30.0 Å². The molecule has 4 rings (SSSR count). The summed E-state index contributed by atoms with van der Waals surface area (Å²) in [6.07, 6.45) is 8.19. The molecule has 2 aromatic rings. The number of aromatic nitrogens is 3. The largest absolute Gasteiger partial charge is 0.372 e. The first-order valence-electron chi connectivity index (χ1n) is 12.1. The van der Waals surface area contributed by atoms with Gasteiger partial charge in [0.05, 0.1) is 6.04 Å². The third-order valence-electron chi connectivity index (χ3n) is 6.33. The molecule has 1 aromatic heterocycles. The van der Waals surface area contributed by atoms with Gasteiger partial charge in [0.25, 0.3) is 0 Å². The second-order valence-electron chi connectivity index (χ2n) is 8.66. The van der Waals surface area contributed by atoms with Crippen LogP contribution in [-0.2, 0) is 19.4 Å². The van der Waals surface area contributed by atoms with Crippen molar-refractivity contribution in [2.75, 3.05) is 31.1 Å². The molecule has 3 heterocycles. The lowest BCUT2D eigenvalue weighted by Crippen LogP contribution is -2.39. The Balaban J connectivity index is 0.00000289. The second-order valence-corrected chi connectivity index (χ2v) is 8.66. The summed E-state index contributed by atoms with van der Waals surface area (Å²) in [5, 5.41) is 15.8. The highest BCUT2D eigenvalue weighted by Crippen LogP contribution is 2.24. The lowest BCUT2D eigenvalue weighted by molar-refractivity contribution is 0.604. The fourth-order valence-electron chi connectivity index (χ4n) is 4.57. The van der Waals surface area contributed by atoms with Gasteiger partial charge in [-0.25, -0.2) is 0 Å². The van der Waals surface area contributed by atoms with E-state index in [4.69, 9.17) is 4.99 Å². The standard InChI is InChI=1S/C24H37N7.HI/c1-3-25-24(26-14-13-23-29-28-22-12-5-4-6-17-31(22)23)27-19(2)20-10-9-11-21(18-20)30-15-7-8-16-30;/h9-11,18-19H,3-8,12-17H2,1-2H3,(H2,25,26,27);1H. The molecule has 1 aromatic carbocycles. The molecule has 32 heavy (non-hydrogen) atoms. The summed E-state index contributed by atoms with van der Waals surface area (Å²) in [5.41, 5.74) is 2.62.